The number of amides is 3. The Morgan fingerprint density at radius 2 is 1.93 bits per heavy atom. The van der Waals surface area contributed by atoms with Crippen molar-refractivity contribution >= 4 is 17.6 Å². The first kappa shape index (κ1) is 20.2. The van der Waals surface area contributed by atoms with Crippen molar-refractivity contribution in [2.45, 2.75) is 31.9 Å². The van der Waals surface area contributed by atoms with Gasteiger partial charge < -0.3 is 21.1 Å². The topological polar surface area (TPSA) is 96.7 Å². The second-order valence-corrected chi connectivity index (χ2v) is 8.02. The van der Waals surface area contributed by atoms with Gasteiger partial charge in [0, 0.05) is 25.2 Å². The highest BCUT2D eigenvalue weighted by Crippen LogP contribution is 2.28. The average Bonchev–Trinajstić information content (AvgIpc) is 3.17. The van der Waals surface area contributed by atoms with Gasteiger partial charge in [0.15, 0.2) is 0 Å². The summed E-state index contributed by atoms with van der Waals surface area (Å²) in [6, 6.07) is 15.4. The molecule has 1 saturated heterocycles. The highest BCUT2D eigenvalue weighted by atomic mass is 16.5. The quantitative estimate of drug-likeness (QED) is 0.684. The summed E-state index contributed by atoms with van der Waals surface area (Å²) in [5.41, 5.74) is 8.45. The van der Waals surface area contributed by atoms with Crippen LogP contribution in [0.1, 0.15) is 24.0 Å². The molecule has 2 heterocycles. The Labute approximate surface area is 176 Å². The van der Waals surface area contributed by atoms with E-state index in [9.17, 15) is 9.59 Å². The monoisotopic (exact) mass is 408 g/mol. The molecule has 7 heteroatoms. The predicted molar refractivity (Wildman–Crippen MR) is 115 cm³/mol. The maximum atomic E-state index is 12.5. The van der Waals surface area contributed by atoms with Crippen molar-refractivity contribution in [3.05, 3.63) is 59.7 Å². The maximum absolute atomic E-state index is 12.5. The summed E-state index contributed by atoms with van der Waals surface area (Å²) in [6.45, 7) is 2.69. The minimum atomic E-state index is -0.254. The highest BCUT2D eigenvalue weighted by molar-refractivity contribution is 5.90. The van der Waals surface area contributed by atoms with Crippen LogP contribution in [-0.2, 0) is 17.8 Å². The van der Waals surface area contributed by atoms with E-state index in [2.05, 4.69) is 21.6 Å². The molecule has 2 aromatic carbocycles. The van der Waals surface area contributed by atoms with E-state index in [0.717, 1.165) is 42.8 Å². The number of para-hydroxylation sites is 2. The lowest BCUT2D eigenvalue weighted by atomic mass is 9.97. The van der Waals surface area contributed by atoms with E-state index in [-0.39, 0.29) is 24.0 Å². The van der Waals surface area contributed by atoms with Crippen LogP contribution in [0.25, 0.3) is 0 Å². The van der Waals surface area contributed by atoms with Crippen LogP contribution in [-0.4, -0.2) is 42.6 Å². The predicted octanol–water partition coefficient (Wildman–Crippen LogP) is 2.51. The number of likely N-dealkylation sites (tertiary alicyclic amines) is 1. The molecule has 2 atom stereocenters. The molecule has 0 saturated carbocycles. The van der Waals surface area contributed by atoms with Crippen LogP contribution in [0.2, 0.25) is 0 Å². The number of hydrogen-bond acceptors (Lipinski definition) is 4. The van der Waals surface area contributed by atoms with Crippen molar-refractivity contribution in [1.29, 1.82) is 0 Å². The Morgan fingerprint density at radius 3 is 2.77 bits per heavy atom. The smallest absolute Gasteiger partial charge is 0.319 e. The lowest BCUT2D eigenvalue weighted by Gasteiger charge is -2.31. The number of nitrogens with two attached hydrogens (primary N) is 1. The molecule has 0 spiro atoms. The summed E-state index contributed by atoms with van der Waals surface area (Å²) in [7, 11) is 0. The van der Waals surface area contributed by atoms with Crippen molar-refractivity contribution in [2.75, 3.05) is 25.0 Å². The standard InChI is InChI=1S/C23H28N4O3/c24-22(28)18-8-5-11-27(15-18)14-17-7-1-3-9-20(17)26-23(29)25-13-19-12-16-6-2-4-10-21(16)30-19/h1-4,6-7,9-10,18-19H,5,8,11-15H2,(H2,24,28)(H2,25,26,29)/t18-,19+/m0/s1. The first-order valence-electron chi connectivity index (χ1n) is 10.5. The van der Waals surface area contributed by atoms with Gasteiger partial charge in [0.25, 0.3) is 0 Å². The zero-order chi connectivity index (χ0) is 20.9. The summed E-state index contributed by atoms with van der Waals surface area (Å²) < 4.78 is 5.87. The zero-order valence-electron chi connectivity index (χ0n) is 17.0. The highest BCUT2D eigenvalue weighted by Gasteiger charge is 2.25. The molecule has 2 aliphatic rings. The number of benzene rings is 2. The summed E-state index contributed by atoms with van der Waals surface area (Å²) >= 11 is 0. The first-order chi connectivity index (χ1) is 14.6. The number of hydrogen-bond donors (Lipinski definition) is 3. The minimum absolute atomic E-state index is 0.0533. The van der Waals surface area contributed by atoms with Gasteiger partial charge >= 0.3 is 6.03 Å². The lowest BCUT2D eigenvalue weighted by Crippen LogP contribution is -2.41. The van der Waals surface area contributed by atoms with Gasteiger partial charge in [-0.2, -0.15) is 0 Å². The number of nitrogens with zero attached hydrogens (tertiary/aromatic N) is 1. The number of carbonyl (C=O) groups excluding carboxylic acids is 2. The number of ether oxygens (including phenoxy) is 1. The number of carbonyl (C=O) groups is 2. The van der Waals surface area contributed by atoms with E-state index in [1.165, 1.54) is 5.56 Å². The fourth-order valence-electron chi connectivity index (χ4n) is 4.19. The molecular formula is C23H28N4O3. The second kappa shape index (κ2) is 9.17. The molecule has 0 unspecified atom stereocenters. The van der Waals surface area contributed by atoms with E-state index >= 15 is 0 Å². The van der Waals surface area contributed by atoms with Crippen LogP contribution < -0.4 is 21.1 Å². The molecule has 0 aromatic heterocycles. The van der Waals surface area contributed by atoms with Crippen molar-refractivity contribution in [3.8, 4) is 5.75 Å². The molecule has 0 radical (unpaired) electrons. The minimum Gasteiger partial charge on any atom is -0.488 e. The van der Waals surface area contributed by atoms with Crippen LogP contribution >= 0.6 is 0 Å². The Balaban J connectivity index is 1.30. The summed E-state index contributed by atoms with van der Waals surface area (Å²) in [5.74, 6) is 0.560. The average molecular weight is 409 g/mol. The van der Waals surface area contributed by atoms with Crippen LogP contribution in [0.15, 0.2) is 48.5 Å². The Morgan fingerprint density at radius 1 is 1.13 bits per heavy atom. The van der Waals surface area contributed by atoms with Gasteiger partial charge in [-0.3, -0.25) is 9.69 Å². The van der Waals surface area contributed by atoms with Gasteiger partial charge in [-0.05, 0) is 42.6 Å². The fraction of sp³-hybridized carbons (Fsp3) is 0.391. The van der Waals surface area contributed by atoms with Gasteiger partial charge in [0.05, 0.1) is 12.5 Å². The normalized spacial score (nSPS) is 20.8. The molecule has 3 amide bonds. The third-order valence-electron chi connectivity index (χ3n) is 5.77. The van der Waals surface area contributed by atoms with Crippen molar-refractivity contribution in [1.82, 2.24) is 10.2 Å². The number of urea groups is 1. The maximum Gasteiger partial charge on any atom is 0.319 e. The second-order valence-electron chi connectivity index (χ2n) is 8.02. The van der Waals surface area contributed by atoms with Gasteiger partial charge in [-0.1, -0.05) is 36.4 Å². The van der Waals surface area contributed by atoms with E-state index in [0.29, 0.717) is 19.6 Å². The Hall–Kier alpha value is -3.06. The molecule has 2 aromatic rings. The molecule has 158 valence electrons. The number of anilines is 1. The van der Waals surface area contributed by atoms with Crippen LogP contribution in [0.4, 0.5) is 10.5 Å². The number of fused-ring (bicyclic) bond motifs is 1. The molecule has 4 rings (SSSR count). The zero-order valence-corrected chi connectivity index (χ0v) is 17.0. The molecular weight excluding hydrogens is 380 g/mol. The SMILES string of the molecule is NC(=O)[C@H]1CCCN(Cc2ccccc2NC(=O)NC[C@H]2Cc3ccccc3O2)C1. The van der Waals surface area contributed by atoms with Crippen LogP contribution in [0.3, 0.4) is 0 Å². The third-order valence-corrected chi connectivity index (χ3v) is 5.77. The van der Waals surface area contributed by atoms with Gasteiger partial charge in [0.2, 0.25) is 5.91 Å². The number of piperidine rings is 1. The third kappa shape index (κ3) is 4.91. The first-order valence-corrected chi connectivity index (χ1v) is 10.5. The van der Waals surface area contributed by atoms with Crippen molar-refractivity contribution in [3.63, 3.8) is 0 Å². The molecule has 4 N–H and O–H groups in total. The van der Waals surface area contributed by atoms with Gasteiger partial charge in [-0.25, -0.2) is 4.79 Å². The molecule has 2 aliphatic heterocycles. The Kier molecular flexibility index (Phi) is 6.18. The Bertz CT molecular complexity index is 892. The fourth-order valence-corrected chi connectivity index (χ4v) is 4.19. The summed E-state index contributed by atoms with van der Waals surface area (Å²) in [5, 5.41) is 5.87. The van der Waals surface area contributed by atoms with E-state index in [4.69, 9.17) is 10.5 Å². The van der Waals surface area contributed by atoms with Crippen molar-refractivity contribution < 1.29 is 14.3 Å². The van der Waals surface area contributed by atoms with Gasteiger partial charge in [0.1, 0.15) is 11.9 Å². The lowest BCUT2D eigenvalue weighted by molar-refractivity contribution is -0.123. The number of rotatable bonds is 6. The van der Waals surface area contributed by atoms with Crippen LogP contribution in [0.5, 0.6) is 5.75 Å². The van der Waals surface area contributed by atoms with E-state index < -0.39 is 0 Å². The number of nitrogens with one attached hydrogen (secondary N) is 2. The van der Waals surface area contributed by atoms with E-state index in [1.807, 2.05) is 42.5 Å². The van der Waals surface area contributed by atoms with Crippen LogP contribution in [0, 0.1) is 5.92 Å². The summed E-state index contributed by atoms with van der Waals surface area (Å²) in [4.78, 5) is 26.2. The van der Waals surface area contributed by atoms with Gasteiger partial charge in [-0.15, -0.1) is 0 Å². The molecule has 0 aliphatic carbocycles. The van der Waals surface area contributed by atoms with E-state index in [1.54, 1.807) is 0 Å². The molecule has 1 fully saturated rings. The largest absolute Gasteiger partial charge is 0.488 e. The molecule has 0 bridgehead atoms. The number of primary amides is 1. The summed E-state index contributed by atoms with van der Waals surface area (Å²) in [6.07, 6.45) is 2.54. The molecule has 30 heavy (non-hydrogen) atoms. The van der Waals surface area contributed by atoms with Crippen molar-refractivity contribution in [2.24, 2.45) is 11.7 Å². The molecule has 7 nitrogen and oxygen atoms in total.